The summed E-state index contributed by atoms with van der Waals surface area (Å²) in [5.74, 6) is 0. The molecule has 0 amide bonds. The first kappa shape index (κ1) is 13.6. The average Bonchev–Trinajstić information content (AvgIpc) is 2.28. The zero-order valence-electron chi connectivity index (χ0n) is 10.3. The van der Waals surface area contributed by atoms with E-state index >= 15 is 0 Å². The van der Waals surface area contributed by atoms with Crippen molar-refractivity contribution < 1.29 is 0 Å². The number of halogens is 1. The van der Waals surface area contributed by atoms with Crippen LogP contribution in [0.5, 0.6) is 0 Å². The van der Waals surface area contributed by atoms with E-state index in [2.05, 4.69) is 53.3 Å². The van der Waals surface area contributed by atoms with Gasteiger partial charge in [-0.25, -0.2) is 0 Å². The van der Waals surface area contributed by atoms with E-state index in [1.807, 2.05) is 6.07 Å². The lowest BCUT2D eigenvalue weighted by molar-refractivity contribution is 0.594. The Labute approximate surface area is 108 Å². The van der Waals surface area contributed by atoms with Crippen LogP contribution < -0.4 is 5.32 Å². The third kappa shape index (κ3) is 5.02. The first-order valence-electron chi connectivity index (χ1n) is 6.25. The molecule has 0 fully saturated rings. The number of anilines is 1. The lowest BCUT2D eigenvalue weighted by Crippen LogP contribution is -2.15. The van der Waals surface area contributed by atoms with Crippen molar-refractivity contribution in [3.8, 4) is 0 Å². The van der Waals surface area contributed by atoms with E-state index in [9.17, 15) is 0 Å². The average molecular weight is 284 g/mol. The van der Waals surface area contributed by atoms with Gasteiger partial charge < -0.3 is 5.32 Å². The molecule has 1 unspecified atom stereocenters. The van der Waals surface area contributed by atoms with Crippen molar-refractivity contribution in [2.24, 2.45) is 0 Å². The molecule has 0 saturated carbocycles. The lowest BCUT2D eigenvalue weighted by Gasteiger charge is -2.16. The summed E-state index contributed by atoms with van der Waals surface area (Å²) in [5, 5.41) is 3.54. The Morgan fingerprint density at radius 2 is 1.94 bits per heavy atom. The smallest absolute Gasteiger partial charge is 0.0486 e. The summed E-state index contributed by atoms with van der Waals surface area (Å²) in [7, 11) is 0. The predicted octanol–water partition coefficient (Wildman–Crippen LogP) is 5.22. The molecule has 1 rings (SSSR count). The molecule has 0 aromatic heterocycles. The maximum absolute atomic E-state index is 3.56. The molecule has 1 nitrogen and oxygen atoms in total. The zero-order valence-corrected chi connectivity index (χ0v) is 11.9. The Bertz CT molecular complexity index is 299. The summed E-state index contributed by atoms with van der Waals surface area (Å²) in [6.07, 6.45) is 6.61. The Morgan fingerprint density at radius 3 is 2.62 bits per heavy atom. The number of nitrogens with one attached hydrogen (secondary N) is 1. The van der Waals surface area contributed by atoms with E-state index in [-0.39, 0.29) is 0 Å². The molecule has 90 valence electrons. The number of hydrogen-bond donors (Lipinski definition) is 1. The van der Waals surface area contributed by atoms with E-state index in [1.54, 1.807) is 0 Å². The Morgan fingerprint density at radius 1 is 1.19 bits per heavy atom. The van der Waals surface area contributed by atoms with Gasteiger partial charge >= 0.3 is 0 Å². The maximum Gasteiger partial charge on any atom is 0.0486 e. The third-order valence-electron chi connectivity index (χ3n) is 2.77. The van der Waals surface area contributed by atoms with Gasteiger partial charge in [-0.05, 0) is 41.4 Å². The van der Waals surface area contributed by atoms with Crippen LogP contribution in [0.2, 0.25) is 0 Å². The number of unbranched alkanes of at least 4 members (excludes halogenated alkanes) is 3. The largest absolute Gasteiger partial charge is 0.382 e. The summed E-state index contributed by atoms with van der Waals surface area (Å²) in [6.45, 7) is 4.51. The van der Waals surface area contributed by atoms with Crippen LogP contribution in [0.4, 0.5) is 5.69 Å². The second-order valence-corrected chi connectivity index (χ2v) is 5.23. The minimum atomic E-state index is 0.551. The summed E-state index contributed by atoms with van der Waals surface area (Å²) < 4.78 is 1.15. The summed E-state index contributed by atoms with van der Waals surface area (Å²) in [6, 6.07) is 8.85. The molecule has 0 aliphatic heterocycles. The van der Waals surface area contributed by atoms with Gasteiger partial charge in [0.2, 0.25) is 0 Å². The number of rotatable bonds is 7. The van der Waals surface area contributed by atoms with Gasteiger partial charge in [0.25, 0.3) is 0 Å². The van der Waals surface area contributed by atoms with Crippen LogP contribution in [0.25, 0.3) is 0 Å². The van der Waals surface area contributed by atoms with Crippen LogP contribution >= 0.6 is 15.9 Å². The van der Waals surface area contributed by atoms with Gasteiger partial charge in [0.1, 0.15) is 0 Å². The van der Waals surface area contributed by atoms with Gasteiger partial charge in [-0.15, -0.1) is 0 Å². The fourth-order valence-corrected chi connectivity index (χ4v) is 2.19. The summed E-state index contributed by atoms with van der Waals surface area (Å²) in [5.41, 5.74) is 1.20. The first-order chi connectivity index (χ1) is 7.74. The van der Waals surface area contributed by atoms with Gasteiger partial charge in [0.15, 0.2) is 0 Å². The lowest BCUT2D eigenvalue weighted by atomic mass is 10.1. The molecule has 2 heteroatoms. The highest BCUT2D eigenvalue weighted by Crippen LogP contribution is 2.22. The van der Waals surface area contributed by atoms with Gasteiger partial charge in [-0.1, -0.05) is 44.7 Å². The fourth-order valence-electron chi connectivity index (χ4n) is 1.79. The summed E-state index contributed by atoms with van der Waals surface area (Å²) in [4.78, 5) is 0. The maximum atomic E-state index is 3.56. The van der Waals surface area contributed by atoms with E-state index < -0.39 is 0 Å². The Kier molecular flexibility index (Phi) is 6.55. The molecule has 1 atom stereocenters. The molecule has 1 aromatic rings. The standard InChI is InChI=1S/C14H22BrN/c1-3-4-5-6-9-12(2)16-14-11-8-7-10-13(14)15/h7-8,10-12,16H,3-6,9H2,1-2H3. The van der Waals surface area contributed by atoms with Crippen LogP contribution in [-0.2, 0) is 0 Å². The molecule has 0 heterocycles. The van der Waals surface area contributed by atoms with Crippen molar-refractivity contribution in [3.63, 3.8) is 0 Å². The SMILES string of the molecule is CCCCCCC(C)Nc1ccccc1Br. The molecule has 0 aliphatic rings. The molecule has 0 saturated heterocycles. The third-order valence-corrected chi connectivity index (χ3v) is 3.46. The van der Waals surface area contributed by atoms with E-state index in [1.165, 1.54) is 37.8 Å². The molecule has 1 N–H and O–H groups in total. The van der Waals surface area contributed by atoms with E-state index in [0.29, 0.717) is 6.04 Å². The van der Waals surface area contributed by atoms with Gasteiger partial charge in [0.05, 0.1) is 0 Å². The van der Waals surface area contributed by atoms with Crippen molar-refractivity contribution >= 4 is 21.6 Å². The van der Waals surface area contributed by atoms with Crippen LogP contribution in [0.1, 0.15) is 46.0 Å². The van der Waals surface area contributed by atoms with Crippen LogP contribution in [0, 0.1) is 0 Å². The second-order valence-electron chi connectivity index (χ2n) is 4.37. The first-order valence-corrected chi connectivity index (χ1v) is 7.04. The van der Waals surface area contributed by atoms with Crippen LogP contribution in [0.15, 0.2) is 28.7 Å². The van der Waals surface area contributed by atoms with Gasteiger partial charge in [0, 0.05) is 16.2 Å². The monoisotopic (exact) mass is 283 g/mol. The normalized spacial score (nSPS) is 12.4. The van der Waals surface area contributed by atoms with Crippen molar-refractivity contribution in [2.75, 3.05) is 5.32 Å². The number of benzene rings is 1. The Balaban J connectivity index is 2.28. The molecule has 1 aromatic carbocycles. The molecular weight excluding hydrogens is 262 g/mol. The Hall–Kier alpha value is -0.500. The summed E-state index contributed by atoms with van der Waals surface area (Å²) >= 11 is 3.56. The second kappa shape index (κ2) is 7.72. The van der Waals surface area contributed by atoms with Crippen LogP contribution in [0.3, 0.4) is 0 Å². The van der Waals surface area contributed by atoms with E-state index in [0.717, 1.165) is 4.47 Å². The molecular formula is C14H22BrN. The quantitative estimate of drug-likeness (QED) is 0.677. The van der Waals surface area contributed by atoms with Gasteiger partial charge in [-0.2, -0.15) is 0 Å². The van der Waals surface area contributed by atoms with Gasteiger partial charge in [-0.3, -0.25) is 0 Å². The van der Waals surface area contributed by atoms with Crippen molar-refractivity contribution in [3.05, 3.63) is 28.7 Å². The fraction of sp³-hybridized carbons (Fsp3) is 0.571. The molecule has 0 spiro atoms. The topological polar surface area (TPSA) is 12.0 Å². The van der Waals surface area contributed by atoms with E-state index in [4.69, 9.17) is 0 Å². The predicted molar refractivity (Wildman–Crippen MR) is 76.0 cm³/mol. The highest BCUT2D eigenvalue weighted by Gasteiger charge is 2.03. The minimum Gasteiger partial charge on any atom is -0.382 e. The highest BCUT2D eigenvalue weighted by atomic mass is 79.9. The molecule has 0 aliphatic carbocycles. The minimum absolute atomic E-state index is 0.551. The van der Waals surface area contributed by atoms with Crippen molar-refractivity contribution in [1.82, 2.24) is 0 Å². The van der Waals surface area contributed by atoms with Crippen molar-refractivity contribution in [2.45, 2.75) is 52.0 Å². The molecule has 0 radical (unpaired) electrons. The highest BCUT2D eigenvalue weighted by molar-refractivity contribution is 9.10. The molecule has 16 heavy (non-hydrogen) atoms. The number of hydrogen-bond acceptors (Lipinski definition) is 1. The molecule has 0 bridgehead atoms. The van der Waals surface area contributed by atoms with Crippen molar-refractivity contribution in [1.29, 1.82) is 0 Å². The number of para-hydroxylation sites is 1. The zero-order chi connectivity index (χ0) is 11.8. The van der Waals surface area contributed by atoms with Crippen LogP contribution in [-0.4, -0.2) is 6.04 Å².